The van der Waals surface area contributed by atoms with Crippen molar-refractivity contribution in [2.45, 2.75) is 38.6 Å². The molecule has 3 aromatic rings. The molecule has 1 aliphatic rings. The van der Waals surface area contributed by atoms with Crippen molar-refractivity contribution in [3.8, 4) is 0 Å². The number of sulfonamides is 1. The third-order valence-electron chi connectivity index (χ3n) is 5.58. The highest BCUT2D eigenvalue weighted by molar-refractivity contribution is 7.89. The summed E-state index contributed by atoms with van der Waals surface area (Å²) in [5.74, 6) is 0.185. The van der Waals surface area contributed by atoms with E-state index in [1.165, 1.54) is 13.3 Å². The largest absolute Gasteiger partial charge is 0.468 e. The summed E-state index contributed by atoms with van der Waals surface area (Å²) in [6.07, 6.45) is 1.35. The van der Waals surface area contributed by atoms with Gasteiger partial charge in [0, 0.05) is 24.4 Å². The van der Waals surface area contributed by atoms with Crippen molar-refractivity contribution in [2.75, 3.05) is 12.4 Å². The first-order chi connectivity index (χ1) is 15.4. The highest BCUT2D eigenvalue weighted by Crippen LogP contribution is 2.39. The number of carbonyl (C=O) groups excluding carboxylic acids is 1. The second-order valence-corrected chi connectivity index (χ2v) is 10.7. The van der Waals surface area contributed by atoms with E-state index < -0.39 is 22.0 Å². The van der Waals surface area contributed by atoms with Gasteiger partial charge in [-0.2, -0.15) is 5.10 Å². The summed E-state index contributed by atoms with van der Waals surface area (Å²) in [6.45, 7) is 6.71. The van der Waals surface area contributed by atoms with E-state index in [-0.39, 0.29) is 16.2 Å². The van der Waals surface area contributed by atoms with Gasteiger partial charge in [-0.25, -0.2) is 17.4 Å². The van der Waals surface area contributed by atoms with E-state index in [9.17, 15) is 13.2 Å². The minimum absolute atomic E-state index is 0.0259. The first kappa shape index (κ1) is 23.4. The molecule has 33 heavy (non-hydrogen) atoms. The Bertz CT molecular complexity index is 1400. The minimum Gasteiger partial charge on any atom is -0.468 e. The summed E-state index contributed by atoms with van der Waals surface area (Å²) < 4.78 is 34.4. The fourth-order valence-electron chi connectivity index (χ4n) is 4.02. The number of allylic oxidation sites excluding steroid dienone is 1. The van der Waals surface area contributed by atoms with Gasteiger partial charge in [0.1, 0.15) is 22.5 Å². The molecule has 0 spiro atoms. The summed E-state index contributed by atoms with van der Waals surface area (Å²) in [5.41, 5.74) is 2.51. The molecule has 4 rings (SSSR count). The Morgan fingerprint density at radius 1 is 1.15 bits per heavy atom. The number of rotatable bonds is 4. The maximum absolute atomic E-state index is 13.7. The second-order valence-electron chi connectivity index (χ2n) is 7.94. The Morgan fingerprint density at radius 3 is 2.45 bits per heavy atom. The summed E-state index contributed by atoms with van der Waals surface area (Å²) in [4.78, 5) is 13.7. The zero-order valence-electron chi connectivity index (χ0n) is 18.6. The van der Waals surface area contributed by atoms with Crippen molar-refractivity contribution in [3.63, 3.8) is 0 Å². The van der Waals surface area contributed by atoms with Crippen LogP contribution in [0.1, 0.15) is 35.5 Å². The quantitative estimate of drug-likeness (QED) is 0.541. The van der Waals surface area contributed by atoms with Gasteiger partial charge in [-0.3, -0.25) is 4.79 Å². The third-order valence-corrected chi connectivity index (χ3v) is 8.33. The molecule has 0 saturated carbocycles. The number of amides is 1. The Kier molecular flexibility index (Phi) is 5.84. The van der Waals surface area contributed by atoms with Crippen LogP contribution in [0.25, 0.3) is 0 Å². The van der Waals surface area contributed by atoms with E-state index in [2.05, 4.69) is 10.4 Å². The molecule has 0 saturated heterocycles. The zero-order chi connectivity index (χ0) is 24.2. The molecular formula is C22H22Cl2N4O4S. The van der Waals surface area contributed by atoms with E-state index in [1.54, 1.807) is 43.7 Å². The number of anilines is 1. The predicted molar refractivity (Wildman–Crippen MR) is 126 cm³/mol. The topological polar surface area (TPSA) is 97.4 Å². The molecule has 0 radical (unpaired) electrons. The molecule has 0 aliphatic carbocycles. The number of likely N-dealkylation sites (N-methyl/N-ethyl adjacent to an activating group) is 1. The van der Waals surface area contributed by atoms with Gasteiger partial charge in [0.05, 0.1) is 27.6 Å². The maximum Gasteiger partial charge on any atom is 0.270 e. The standard InChI is InChI=1S/C22H22Cl2N4O4S/c1-11-10-32-14(4)21(11)33(30,31)27(5)22(29)19-13(3)25-18-8-12(2)26-28(18)20(19)15-6-7-16(23)17(24)9-15/h6-10,20,25H,1-5H3. The van der Waals surface area contributed by atoms with E-state index in [0.29, 0.717) is 32.7 Å². The molecule has 1 N–H and O–H groups in total. The molecule has 1 aromatic carbocycles. The molecule has 8 nitrogen and oxygen atoms in total. The lowest BCUT2D eigenvalue weighted by Crippen LogP contribution is -2.39. The smallest absolute Gasteiger partial charge is 0.270 e. The minimum atomic E-state index is -4.17. The lowest BCUT2D eigenvalue weighted by molar-refractivity contribution is -0.122. The first-order valence-corrected chi connectivity index (χ1v) is 12.2. The fraction of sp³-hybridized carbons (Fsp3) is 0.273. The van der Waals surface area contributed by atoms with E-state index in [1.807, 2.05) is 13.0 Å². The Hall–Kier alpha value is -2.75. The van der Waals surface area contributed by atoms with Gasteiger partial charge < -0.3 is 9.73 Å². The van der Waals surface area contributed by atoms with Crippen molar-refractivity contribution >= 4 is 45.0 Å². The Balaban J connectivity index is 1.86. The molecule has 1 unspecified atom stereocenters. The molecule has 11 heteroatoms. The number of nitrogens with zero attached hydrogens (tertiary/aromatic N) is 3. The molecule has 1 atom stereocenters. The van der Waals surface area contributed by atoms with Crippen LogP contribution in [0.5, 0.6) is 0 Å². The second kappa shape index (κ2) is 8.23. The average Bonchev–Trinajstić information content (AvgIpc) is 3.28. The van der Waals surface area contributed by atoms with E-state index >= 15 is 0 Å². The van der Waals surface area contributed by atoms with Crippen molar-refractivity contribution in [1.29, 1.82) is 0 Å². The van der Waals surface area contributed by atoms with Crippen LogP contribution in [0.2, 0.25) is 10.0 Å². The van der Waals surface area contributed by atoms with Gasteiger partial charge in [-0.1, -0.05) is 29.3 Å². The molecular weight excluding hydrogens is 487 g/mol. The van der Waals surface area contributed by atoms with Gasteiger partial charge in [0.2, 0.25) is 0 Å². The Morgan fingerprint density at radius 2 is 1.85 bits per heavy atom. The van der Waals surface area contributed by atoms with Gasteiger partial charge in [0.15, 0.2) is 0 Å². The maximum atomic E-state index is 13.7. The van der Waals surface area contributed by atoms with Crippen molar-refractivity contribution < 1.29 is 17.6 Å². The Labute approximate surface area is 201 Å². The highest BCUT2D eigenvalue weighted by Gasteiger charge is 2.39. The first-order valence-electron chi connectivity index (χ1n) is 10.00. The van der Waals surface area contributed by atoms with E-state index in [0.717, 1.165) is 10.00 Å². The molecule has 0 bridgehead atoms. The van der Waals surface area contributed by atoms with Crippen LogP contribution < -0.4 is 5.32 Å². The number of hydrogen-bond donors (Lipinski definition) is 1. The van der Waals surface area contributed by atoms with Crippen LogP contribution in [0.4, 0.5) is 5.82 Å². The fourth-order valence-corrected chi connectivity index (χ4v) is 5.79. The SMILES string of the molecule is CC1=C(C(=O)N(C)S(=O)(=O)c2c(C)coc2C)C(c2ccc(Cl)c(Cl)c2)n2nc(C)cc2N1. The molecule has 1 aliphatic heterocycles. The summed E-state index contributed by atoms with van der Waals surface area (Å²) in [6, 6.07) is 6.15. The average molecular weight is 509 g/mol. The van der Waals surface area contributed by atoms with Crippen LogP contribution in [0.3, 0.4) is 0 Å². The number of furan rings is 1. The molecule has 3 heterocycles. The number of fused-ring (bicyclic) bond motifs is 1. The molecule has 1 amide bonds. The molecule has 2 aromatic heterocycles. The number of aryl methyl sites for hydroxylation is 3. The van der Waals surface area contributed by atoms with Gasteiger partial charge in [-0.15, -0.1) is 0 Å². The van der Waals surface area contributed by atoms with Crippen LogP contribution in [0.15, 0.2) is 51.1 Å². The van der Waals surface area contributed by atoms with Crippen molar-refractivity contribution in [1.82, 2.24) is 14.1 Å². The van der Waals surface area contributed by atoms with Crippen LogP contribution in [-0.2, 0) is 14.8 Å². The summed E-state index contributed by atoms with van der Waals surface area (Å²) >= 11 is 12.4. The number of aromatic nitrogens is 2. The lowest BCUT2D eigenvalue weighted by atomic mass is 9.95. The zero-order valence-corrected chi connectivity index (χ0v) is 20.9. The lowest BCUT2D eigenvalue weighted by Gasteiger charge is -2.31. The number of nitrogens with one attached hydrogen (secondary N) is 1. The number of benzene rings is 1. The summed E-state index contributed by atoms with van der Waals surface area (Å²) in [7, 11) is -2.93. The third kappa shape index (κ3) is 3.84. The van der Waals surface area contributed by atoms with Crippen molar-refractivity contribution in [3.05, 3.63) is 74.4 Å². The van der Waals surface area contributed by atoms with E-state index in [4.69, 9.17) is 27.6 Å². The number of carbonyl (C=O) groups is 1. The van der Waals surface area contributed by atoms with Crippen molar-refractivity contribution in [2.24, 2.45) is 0 Å². The van der Waals surface area contributed by atoms with Crippen LogP contribution in [-0.4, -0.2) is 35.5 Å². The highest BCUT2D eigenvalue weighted by atomic mass is 35.5. The molecule has 174 valence electrons. The summed E-state index contributed by atoms with van der Waals surface area (Å²) in [5, 5.41) is 8.38. The monoisotopic (exact) mass is 508 g/mol. The normalized spacial score (nSPS) is 15.9. The van der Waals surface area contributed by atoms with Gasteiger partial charge in [0.25, 0.3) is 15.9 Å². The number of hydrogen-bond acceptors (Lipinski definition) is 6. The van der Waals surface area contributed by atoms with Gasteiger partial charge >= 0.3 is 0 Å². The predicted octanol–water partition coefficient (Wildman–Crippen LogP) is 4.84. The van der Waals surface area contributed by atoms with Gasteiger partial charge in [-0.05, 0) is 45.4 Å². The van der Waals surface area contributed by atoms with Crippen LogP contribution >= 0.6 is 23.2 Å². The number of halogens is 2. The molecule has 0 fully saturated rings. The van der Waals surface area contributed by atoms with Crippen LogP contribution in [0, 0.1) is 20.8 Å².